The number of nitrogens with zero attached hydrogens (tertiary/aromatic N) is 1. The molecule has 22 heavy (non-hydrogen) atoms. The summed E-state index contributed by atoms with van der Waals surface area (Å²) in [6.45, 7) is 2.33. The van der Waals surface area contributed by atoms with E-state index in [1.807, 2.05) is 11.3 Å². The summed E-state index contributed by atoms with van der Waals surface area (Å²) in [5, 5.41) is 1.39. The predicted octanol–water partition coefficient (Wildman–Crippen LogP) is 6.19. The highest BCUT2D eigenvalue weighted by Crippen LogP contribution is 2.45. The maximum absolute atomic E-state index is 2.33. The number of hydrogen-bond acceptors (Lipinski definition) is 2. The number of para-hydroxylation sites is 1. The van der Waals surface area contributed by atoms with Crippen molar-refractivity contribution in [3.8, 4) is 0 Å². The zero-order valence-corrected chi connectivity index (χ0v) is 13.7. The van der Waals surface area contributed by atoms with Gasteiger partial charge in [0.25, 0.3) is 0 Å². The quantitative estimate of drug-likeness (QED) is 0.545. The van der Waals surface area contributed by atoms with Crippen LogP contribution in [0, 0.1) is 0 Å². The van der Waals surface area contributed by atoms with E-state index >= 15 is 0 Å². The molecule has 4 rings (SSSR count). The van der Waals surface area contributed by atoms with Gasteiger partial charge in [-0.1, -0.05) is 49.4 Å². The molecule has 3 aromatic rings. The molecule has 110 valence electrons. The first-order valence-electron chi connectivity index (χ1n) is 7.76. The second-order valence-corrected chi connectivity index (χ2v) is 7.02. The van der Waals surface area contributed by atoms with Gasteiger partial charge in [0.1, 0.15) is 0 Å². The van der Waals surface area contributed by atoms with Crippen LogP contribution in [0.15, 0.2) is 54.6 Å². The summed E-state index contributed by atoms with van der Waals surface area (Å²) in [6, 6.07) is 17.2. The Bertz CT molecular complexity index is 845. The second kappa shape index (κ2) is 5.29. The topological polar surface area (TPSA) is 3.24 Å². The molecule has 0 aliphatic heterocycles. The summed E-state index contributed by atoms with van der Waals surface area (Å²) in [5.41, 5.74) is 3.95. The number of fused-ring (bicyclic) bond motifs is 3. The van der Waals surface area contributed by atoms with Gasteiger partial charge in [0.05, 0.1) is 10.4 Å². The van der Waals surface area contributed by atoms with Crippen molar-refractivity contribution in [2.45, 2.75) is 19.3 Å². The average Bonchev–Trinajstić information content (AvgIpc) is 2.95. The highest BCUT2D eigenvalue weighted by atomic mass is 32.1. The molecule has 2 aromatic carbocycles. The van der Waals surface area contributed by atoms with Gasteiger partial charge in [-0.3, -0.25) is 0 Å². The maximum Gasteiger partial charge on any atom is 0.0589 e. The van der Waals surface area contributed by atoms with E-state index in [0.29, 0.717) is 5.92 Å². The van der Waals surface area contributed by atoms with Gasteiger partial charge in [-0.15, -0.1) is 11.3 Å². The SMILES string of the molecule is CC1CC=Cc2c1sc1c(N(C)c3ccccc3)cccc21. The third kappa shape index (κ3) is 2.06. The van der Waals surface area contributed by atoms with Crippen LogP contribution in [0.3, 0.4) is 0 Å². The Morgan fingerprint density at radius 3 is 2.68 bits per heavy atom. The van der Waals surface area contributed by atoms with Crippen molar-refractivity contribution in [3.63, 3.8) is 0 Å². The van der Waals surface area contributed by atoms with Crippen LogP contribution < -0.4 is 4.90 Å². The van der Waals surface area contributed by atoms with Gasteiger partial charge in [0, 0.05) is 23.0 Å². The summed E-state index contributed by atoms with van der Waals surface area (Å²) in [7, 11) is 2.15. The van der Waals surface area contributed by atoms with Crippen LogP contribution in [-0.2, 0) is 0 Å². The molecule has 1 heterocycles. The fourth-order valence-electron chi connectivity index (χ4n) is 3.23. The van der Waals surface area contributed by atoms with E-state index in [2.05, 4.69) is 79.6 Å². The van der Waals surface area contributed by atoms with Crippen molar-refractivity contribution in [1.82, 2.24) is 0 Å². The van der Waals surface area contributed by atoms with Crippen molar-refractivity contribution < 1.29 is 0 Å². The van der Waals surface area contributed by atoms with Gasteiger partial charge >= 0.3 is 0 Å². The minimum atomic E-state index is 0.632. The summed E-state index contributed by atoms with van der Waals surface area (Å²) >= 11 is 1.96. The standard InChI is InChI=1S/C20H19NS/c1-14-8-6-11-16-17-12-7-13-18(20(17)22-19(14)16)21(2)15-9-4-3-5-10-15/h3-7,9-14H,8H2,1-2H3. The fraction of sp³-hybridized carbons (Fsp3) is 0.200. The number of benzene rings is 2. The Morgan fingerprint density at radius 2 is 1.86 bits per heavy atom. The van der Waals surface area contributed by atoms with Crippen molar-refractivity contribution in [3.05, 3.63) is 65.0 Å². The molecule has 0 fully saturated rings. The molecule has 1 nitrogen and oxygen atoms in total. The van der Waals surface area contributed by atoms with Gasteiger partial charge in [-0.05, 0) is 36.1 Å². The summed E-state index contributed by atoms with van der Waals surface area (Å²) < 4.78 is 1.40. The number of anilines is 2. The minimum absolute atomic E-state index is 0.632. The molecule has 0 radical (unpaired) electrons. The highest BCUT2D eigenvalue weighted by Gasteiger charge is 2.20. The van der Waals surface area contributed by atoms with Crippen LogP contribution in [0.1, 0.15) is 29.7 Å². The molecule has 0 saturated heterocycles. The van der Waals surface area contributed by atoms with E-state index in [9.17, 15) is 0 Å². The average molecular weight is 305 g/mol. The molecule has 0 bridgehead atoms. The van der Waals surface area contributed by atoms with E-state index in [-0.39, 0.29) is 0 Å². The summed E-state index contributed by atoms with van der Waals surface area (Å²) in [5.74, 6) is 0.632. The molecule has 2 heteroatoms. The molecule has 0 spiro atoms. The van der Waals surface area contributed by atoms with Crippen molar-refractivity contribution >= 4 is 38.9 Å². The Kier molecular flexibility index (Phi) is 3.27. The van der Waals surface area contributed by atoms with Crippen molar-refractivity contribution in [1.29, 1.82) is 0 Å². The van der Waals surface area contributed by atoms with E-state index < -0.39 is 0 Å². The van der Waals surface area contributed by atoms with Crippen LogP contribution in [0.4, 0.5) is 11.4 Å². The molecule has 1 atom stereocenters. The Labute approximate surface area is 135 Å². The smallest absolute Gasteiger partial charge is 0.0589 e. The van der Waals surface area contributed by atoms with Gasteiger partial charge in [-0.25, -0.2) is 0 Å². The molecule has 1 aromatic heterocycles. The third-order valence-electron chi connectivity index (χ3n) is 4.49. The summed E-state index contributed by atoms with van der Waals surface area (Å²) in [6.07, 6.45) is 5.77. The Balaban J connectivity index is 1.91. The zero-order chi connectivity index (χ0) is 15.1. The molecular weight excluding hydrogens is 286 g/mol. The lowest BCUT2D eigenvalue weighted by atomic mass is 9.94. The number of rotatable bonds is 2. The van der Waals surface area contributed by atoms with Gasteiger partial charge in [-0.2, -0.15) is 0 Å². The lowest BCUT2D eigenvalue weighted by Gasteiger charge is -2.20. The number of allylic oxidation sites excluding steroid dienone is 1. The molecule has 0 amide bonds. The van der Waals surface area contributed by atoms with Gasteiger partial charge in [0.2, 0.25) is 0 Å². The first kappa shape index (κ1) is 13.6. The molecule has 0 saturated carbocycles. The minimum Gasteiger partial charge on any atom is -0.343 e. The number of thiophene rings is 1. The van der Waals surface area contributed by atoms with E-state index in [4.69, 9.17) is 0 Å². The van der Waals surface area contributed by atoms with Crippen molar-refractivity contribution in [2.75, 3.05) is 11.9 Å². The lowest BCUT2D eigenvalue weighted by molar-refractivity contribution is 0.791. The fourth-order valence-corrected chi connectivity index (χ4v) is 4.63. The van der Waals surface area contributed by atoms with Crippen LogP contribution >= 0.6 is 11.3 Å². The first-order valence-corrected chi connectivity index (χ1v) is 8.58. The molecule has 1 aliphatic carbocycles. The first-order chi connectivity index (χ1) is 10.8. The van der Waals surface area contributed by atoms with Crippen LogP contribution in [-0.4, -0.2) is 7.05 Å². The van der Waals surface area contributed by atoms with E-state index in [0.717, 1.165) is 6.42 Å². The lowest BCUT2D eigenvalue weighted by Crippen LogP contribution is -2.08. The van der Waals surface area contributed by atoms with Crippen LogP contribution in [0.2, 0.25) is 0 Å². The Hall–Kier alpha value is -2.06. The van der Waals surface area contributed by atoms with Gasteiger partial charge in [0.15, 0.2) is 0 Å². The van der Waals surface area contributed by atoms with Crippen LogP contribution in [0.25, 0.3) is 16.2 Å². The third-order valence-corrected chi connectivity index (χ3v) is 5.96. The molecule has 1 unspecified atom stereocenters. The zero-order valence-electron chi connectivity index (χ0n) is 12.9. The molecular formula is C20H19NS. The summed E-state index contributed by atoms with van der Waals surface area (Å²) in [4.78, 5) is 3.82. The molecule has 0 N–H and O–H groups in total. The Morgan fingerprint density at radius 1 is 1.05 bits per heavy atom. The number of hydrogen-bond donors (Lipinski definition) is 0. The van der Waals surface area contributed by atoms with Crippen molar-refractivity contribution in [2.24, 2.45) is 0 Å². The monoisotopic (exact) mass is 305 g/mol. The van der Waals surface area contributed by atoms with Crippen LogP contribution in [0.5, 0.6) is 0 Å². The van der Waals surface area contributed by atoms with E-state index in [1.54, 1.807) is 0 Å². The largest absolute Gasteiger partial charge is 0.343 e. The molecule has 1 aliphatic rings. The van der Waals surface area contributed by atoms with Gasteiger partial charge < -0.3 is 4.90 Å². The predicted molar refractivity (Wildman–Crippen MR) is 98.4 cm³/mol. The van der Waals surface area contributed by atoms with E-state index in [1.165, 1.54) is 31.9 Å². The maximum atomic E-state index is 2.33. The second-order valence-electron chi connectivity index (χ2n) is 5.97. The normalized spacial score (nSPS) is 16.7. The highest BCUT2D eigenvalue weighted by molar-refractivity contribution is 7.20.